The van der Waals surface area contributed by atoms with Crippen LogP contribution in [0.5, 0.6) is 0 Å². The van der Waals surface area contributed by atoms with Crippen molar-refractivity contribution in [3.63, 3.8) is 0 Å². The fraction of sp³-hybridized carbons (Fsp3) is 0.636. The van der Waals surface area contributed by atoms with E-state index in [9.17, 15) is 4.79 Å². The van der Waals surface area contributed by atoms with E-state index < -0.39 is 0 Å². The van der Waals surface area contributed by atoms with Crippen molar-refractivity contribution in [3.8, 4) is 0 Å². The van der Waals surface area contributed by atoms with E-state index in [1.807, 2.05) is 0 Å². The largest absolute Gasteiger partial charge is 0.382 e. The first-order chi connectivity index (χ1) is 7.85. The number of nitrogen functional groups attached to an aromatic ring is 1. The third-order valence-corrected chi connectivity index (χ3v) is 3.15. The van der Waals surface area contributed by atoms with E-state index in [0.29, 0.717) is 5.56 Å². The summed E-state index contributed by atoms with van der Waals surface area (Å²) >= 11 is 1.22. The molecular formula is C11H20N4OS. The van der Waals surface area contributed by atoms with Crippen LogP contribution in [0.4, 0.5) is 10.8 Å². The number of anilines is 2. The van der Waals surface area contributed by atoms with Crippen LogP contribution in [-0.2, 0) is 0 Å². The fourth-order valence-corrected chi connectivity index (χ4v) is 2.05. The van der Waals surface area contributed by atoms with Gasteiger partial charge < -0.3 is 16.4 Å². The molecule has 1 rings (SSSR count). The maximum Gasteiger partial charge on any atom is 0.257 e. The number of nitrogens with one attached hydrogen (secondary N) is 2. The van der Waals surface area contributed by atoms with E-state index in [-0.39, 0.29) is 17.1 Å². The van der Waals surface area contributed by atoms with Gasteiger partial charge in [-0.1, -0.05) is 20.8 Å². The Morgan fingerprint density at radius 1 is 1.47 bits per heavy atom. The van der Waals surface area contributed by atoms with Crippen molar-refractivity contribution in [1.82, 2.24) is 9.69 Å². The van der Waals surface area contributed by atoms with Crippen molar-refractivity contribution in [2.45, 2.75) is 27.2 Å². The van der Waals surface area contributed by atoms with Gasteiger partial charge in [-0.05, 0) is 23.4 Å². The summed E-state index contributed by atoms with van der Waals surface area (Å²) in [6.07, 6.45) is 1.01. The van der Waals surface area contributed by atoms with Gasteiger partial charge in [-0.3, -0.25) is 4.79 Å². The Hall–Kier alpha value is -1.30. The summed E-state index contributed by atoms with van der Waals surface area (Å²) in [5.41, 5.74) is 6.38. The molecule has 1 heterocycles. The Balaban J connectivity index is 2.69. The molecule has 96 valence electrons. The topological polar surface area (TPSA) is 80.0 Å². The fourth-order valence-electron chi connectivity index (χ4n) is 1.32. The first kappa shape index (κ1) is 13.8. The van der Waals surface area contributed by atoms with Crippen molar-refractivity contribution in [2.75, 3.05) is 24.6 Å². The molecule has 0 radical (unpaired) electrons. The smallest absolute Gasteiger partial charge is 0.257 e. The van der Waals surface area contributed by atoms with E-state index >= 15 is 0 Å². The Morgan fingerprint density at radius 3 is 2.65 bits per heavy atom. The average Bonchev–Trinajstić information content (AvgIpc) is 2.57. The van der Waals surface area contributed by atoms with Gasteiger partial charge in [-0.15, -0.1) is 0 Å². The van der Waals surface area contributed by atoms with Crippen molar-refractivity contribution in [3.05, 3.63) is 5.56 Å². The van der Waals surface area contributed by atoms with Crippen LogP contribution in [-0.4, -0.2) is 23.9 Å². The molecule has 0 unspecified atom stereocenters. The SMILES string of the molecule is CNC(=O)c1c(N)nsc1NCCC(C)(C)C. The standard InChI is InChI=1S/C11H20N4OS/c1-11(2,3)5-6-14-10-7(9(16)13-4)8(12)15-17-10/h14H,5-6H2,1-4H3,(H2,12,15)(H,13,16). The summed E-state index contributed by atoms with van der Waals surface area (Å²) < 4.78 is 4.00. The summed E-state index contributed by atoms with van der Waals surface area (Å²) in [5.74, 6) is 0.0853. The van der Waals surface area contributed by atoms with Gasteiger partial charge in [0.15, 0.2) is 5.82 Å². The molecule has 0 spiro atoms. The molecule has 0 fully saturated rings. The number of rotatable bonds is 4. The second kappa shape index (κ2) is 5.35. The number of hydrogen-bond donors (Lipinski definition) is 3. The number of nitrogens with zero attached hydrogens (tertiary/aromatic N) is 1. The molecule has 1 aromatic rings. The maximum atomic E-state index is 11.6. The van der Waals surface area contributed by atoms with Gasteiger partial charge in [-0.2, -0.15) is 4.37 Å². The molecular weight excluding hydrogens is 236 g/mol. The van der Waals surface area contributed by atoms with E-state index in [1.165, 1.54) is 11.5 Å². The number of amides is 1. The van der Waals surface area contributed by atoms with Gasteiger partial charge in [0.2, 0.25) is 0 Å². The molecule has 0 saturated carbocycles. The minimum absolute atomic E-state index is 0.200. The quantitative estimate of drug-likeness (QED) is 0.769. The first-order valence-corrected chi connectivity index (χ1v) is 6.33. The molecule has 0 aliphatic heterocycles. The monoisotopic (exact) mass is 256 g/mol. The number of aromatic nitrogens is 1. The molecule has 1 amide bonds. The highest BCUT2D eigenvalue weighted by atomic mass is 32.1. The molecule has 0 aliphatic carbocycles. The molecule has 0 aromatic carbocycles. The molecule has 0 bridgehead atoms. The average molecular weight is 256 g/mol. The van der Waals surface area contributed by atoms with Crippen LogP contribution in [0.2, 0.25) is 0 Å². The van der Waals surface area contributed by atoms with E-state index in [0.717, 1.165) is 18.0 Å². The Labute approximate surface area is 106 Å². The highest BCUT2D eigenvalue weighted by Crippen LogP contribution is 2.27. The minimum Gasteiger partial charge on any atom is -0.382 e. The highest BCUT2D eigenvalue weighted by Gasteiger charge is 2.18. The molecule has 5 nitrogen and oxygen atoms in total. The zero-order chi connectivity index (χ0) is 13.1. The molecule has 0 atom stereocenters. The summed E-state index contributed by atoms with van der Waals surface area (Å²) in [6.45, 7) is 7.33. The van der Waals surface area contributed by atoms with Gasteiger partial charge >= 0.3 is 0 Å². The van der Waals surface area contributed by atoms with Crippen molar-refractivity contribution in [1.29, 1.82) is 0 Å². The zero-order valence-corrected chi connectivity index (χ0v) is 11.6. The van der Waals surface area contributed by atoms with Crippen LogP contribution < -0.4 is 16.4 Å². The summed E-state index contributed by atoms with van der Waals surface area (Å²) in [5, 5.41) is 6.53. The molecule has 6 heteroatoms. The van der Waals surface area contributed by atoms with Gasteiger partial charge in [-0.25, -0.2) is 0 Å². The van der Waals surface area contributed by atoms with Crippen LogP contribution in [0.1, 0.15) is 37.6 Å². The molecule has 4 N–H and O–H groups in total. The van der Waals surface area contributed by atoms with Crippen LogP contribution >= 0.6 is 11.5 Å². The molecule has 0 saturated heterocycles. The predicted molar refractivity (Wildman–Crippen MR) is 72.5 cm³/mol. The van der Waals surface area contributed by atoms with E-state index in [2.05, 4.69) is 35.8 Å². The van der Waals surface area contributed by atoms with Crippen LogP contribution in [0.15, 0.2) is 0 Å². The normalized spacial score (nSPS) is 11.3. The van der Waals surface area contributed by atoms with Gasteiger partial charge in [0.25, 0.3) is 5.91 Å². The van der Waals surface area contributed by atoms with Crippen LogP contribution in [0.3, 0.4) is 0 Å². The predicted octanol–water partition coefficient (Wildman–Crippen LogP) is 1.93. The number of carbonyl (C=O) groups is 1. The van der Waals surface area contributed by atoms with E-state index in [1.54, 1.807) is 7.05 Å². The van der Waals surface area contributed by atoms with Gasteiger partial charge in [0, 0.05) is 13.6 Å². The second-order valence-corrected chi connectivity index (χ2v) is 5.86. The number of hydrogen-bond acceptors (Lipinski definition) is 5. The summed E-state index contributed by atoms with van der Waals surface area (Å²) in [7, 11) is 1.58. The van der Waals surface area contributed by atoms with Crippen LogP contribution in [0, 0.1) is 5.41 Å². The lowest BCUT2D eigenvalue weighted by Crippen LogP contribution is -2.20. The van der Waals surface area contributed by atoms with E-state index in [4.69, 9.17) is 5.73 Å². The molecule has 0 aliphatic rings. The summed E-state index contributed by atoms with van der Waals surface area (Å²) in [4.78, 5) is 11.6. The molecule has 1 aromatic heterocycles. The van der Waals surface area contributed by atoms with Gasteiger partial charge in [0.1, 0.15) is 10.6 Å². The number of carbonyl (C=O) groups excluding carboxylic acids is 1. The minimum atomic E-state index is -0.200. The first-order valence-electron chi connectivity index (χ1n) is 5.56. The third kappa shape index (κ3) is 3.89. The Kier molecular flexibility index (Phi) is 4.34. The maximum absolute atomic E-state index is 11.6. The van der Waals surface area contributed by atoms with Gasteiger partial charge in [0.05, 0.1) is 0 Å². The second-order valence-electron chi connectivity index (χ2n) is 5.09. The Bertz CT molecular complexity index is 395. The molecule has 17 heavy (non-hydrogen) atoms. The van der Waals surface area contributed by atoms with Crippen LogP contribution in [0.25, 0.3) is 0 Å². The zero-order valence-electron chi connectivity index (χ0n) is 10.8. The van der Waals surface area contributed by atoms with Crippen molar-refractivity contribution >= 4 is 28.3 Å². The lowest BCUT2D eigenvalue weighted by atomic mass is 9.92. The van der Waals surface area contributed by atoms with Crippen molar-refractivity contribution in [2.24, 2.45) is 5.41 Å². The Morgan fingerprint density at radius 2 is 2.12 bits per heavy atom. The number of nitrogens with two attached hydrogens (primary N) is 1. The third-order valence-electron chi connectivity index (χ3n) is 2.33. The highest BCUT2D eigenvalue weighted by molar-refractivity contribution is 7.11. The van der Waals surface area contributed by atoms with Crippen molar-refractivity contribution < 1.29 is 4.79 Å². The lowest BCUT2D eigenvalue weighted by Gasteiger charge is -2.18. The lowest BCUT2D eigenvalue weighted by molar-refractivity contribution is 0.0965. The summed E-state index contributed by atoms with van der Waals surface area (Å²) in [6, 6.07) is 0.